The Morgan fingerprint density at radius 1 is 1.39 bits per heavy atom. The van der Waals surface area contributed by atoms with E-state index < -0.39 is 0 Å². The predicted molar refractivity (Wildman–Crippen MR) is 108 cm³/mol. The first-order valence-corrected chi connectivity index (χ1v) is 8.04. The van der Waals surface area contributed by atoms with E-state index in [0.29, 0.717) is 5.41 Å². The molecule has 0 spiro atoms. The number of aryl methyl sites for hydroxylation is 1. The molecular weight excluding hydrogens is 401 g/mol. The highest BCUT2D eigenvalue weighted by Crippen LogP contribution is 2.28. The molecule has 1 saturated heterocycles. The van der Waals surface area contributed by atoms with Gasteiger partial charge >= 0.3 is 0 Å². The van der Waals surface area contributed by atoms with Gasteiger partial charge in [-0.2, -0.15) is 0 Å². The molecule has 0 aliphatic carbocycles. The molecule has 23 heavy (non-hydrogen) atoms. The Hall–Kier alpha value is -0.980. The molecule has 1 aliphatic heterocycles. The van der Waals surface area contributed by atoms with Crippen LogP contribution in [-0.4, -0.2) is 44.7 Å². The first-order valence-electron chi connectivity index (χ1n) is 8.04. The molecule has 2 rings (SSSR count). The molecule has 1 aromatic carbocycles. The molecule has 130 valence electrons. The van der Waals surface area contributed by atoms with Crippen LogP contribution in [0, 0.1) is 12.3 Å². The number of halogens is 1. The molecule has 5 heteroatoms. The van der Waals surface area contributed by atoms with E-state index in [2.05, 4.69) is 48.1 Å². The monoisotopic (exact) mass is 431 g/mol. The van der Waals surface area contributed by atoms with Crippen LogP contribution in [0.3, 0.4) is 0 Å². The van der Waals surface area contributed by atoms with E-state index >= 15 is 0 Å². The summed E-state index contributed by atoms with van der Waals surface area (Å²) in [5.41, 5.74) is 2.89. The van der Waals surface area contributed by atoms with Crippen molar-refractivity contribution in [3.63, 3.8) is 0 Å². The van der Waals surface area contributed by atoms with Crippen LogP contribution in [0.25, 0.3) is 0 Å². The number of rotatable bonds is 4. The minimum absolute atomic E-state index is 0. The molecule has 0 unspecified atom stereocenters. The Morgan fingerprint density at radius 2 is 2.13 bits per heavy atom. The number of benzene rings is 1. The maximum absolute atomic E-state index is 5.44. The van der Waals surface area contributed by atoms with E-state index in [9.17, 15) is 0 Å². The number of methoxy groups -OCH3 is 1. The third-order valence-corrected chi connectivity index (χ3v) is 4.30. The second-order valence-electron chi connectivity index (χ2n) is 6.88. The van der Waals surface area contributed by atoms with Crippen LogP contribution in [0.2, 0.25) is 0 Å². The summed E-state index contributed by atoms with van der Waals surface area (Å²) in [7, 11) is 3.59. The van der Waals surface area contributed by atoms with Gasteiger partial charge in [0.25, 0.3) is 0 Å². The van der Waals surface area contributed by atoms with Crippen LogP contribution in [0.15, 0.2) is 23.2 Å². The fourth-order valence-corrected chi connectivity index (χ4v) is 3.04. The van der Waals surface area contributed by atoms with Crippen molar-refractivity contribution in [1.82, 2.24) is 10.2 Å². The zero-order valence-corrected chi connectivity index (χ0v) is 17.3. The molecule has 1 heterocycles. The van der Waals surface area contributed by atoms with Gasteiger partial charge in [0, 0.05) is 26.7 Å². The summed E-state index contributed by atoms with van der Waals surface area (Å²) in [5.74, 6) is 1.97. The number of hydrogen-bond acceptors (Lipinski definition) is 2. The van der Waals surface area contributed by atoms with Crippen LogP contribution in [0.5, 0.6) is 5.75 Å². The molecule has 1 N–H and O–H groups in total. The Bertz CT molecular complexity index is 543. The van der Waals surface area contributed by atoms with Gasteiger partial charge in [-0.05, 0) is 36.8 Å². The van der Waals surface area contributed by atoms with Crippen LogP contribution < -0.4 is 10.1 Å². The second-order valence-corrected chi connectivity index (χ2v) is 6.88. The number of ether oxygens (including phenoxy) is 1. The van der Waals surface area contributed by atoms with Crippen molar-refractivity contribution in [1.29, 1.82) is 0 Å². The van der Waals surface area contributed by atoms with E-state index in [1.165, 1.54) is 17.5 Å². The minimum atomic E-state index is 0. The van der Waals surface area contributed by atoms with Crippen molar-refractivity contribution in [3.05, 3.63) is 29.3 Å². The van der Waals surface area contributed by atoms with Crippen molar-refractivity contribution >= 4 is 29.9 Å². The Balaban J connectivity index is 0.00000264. The zero-order chi connectivity index (χ0) is 16.2. The van der Waals surface area contributed by atoms with E-state index in [1.54, 1.807) is 7.11 Å². The molecule has 0 saturated carbocycles. The number of nitrogens with one attached hydrogen (secondary N) is 1. The number of nitrogens with zero attached hydrogens (tertiary/aromatic N) is 2. The quantitative estimate of drug-likeness (QED) is 0.451. The summed E-state index contributed by atoms with van der Waals surface area (Å²) in [6.45, 7) is 9.77. The summed E-state index contributed by atoms with van der Waals surface area (Å²) in [4.78, 5) is 6.78. The summed E-state index contributed by atoms with van der Waals surface area (Å²) < 4.78 is 5.44. The van der Waals surface area contributed by atoms with Gasteiger partial charge in [-0.15, -0.1) is 24.0 Å². The minimum Gasteiger partial charge on any atom is -0.496 e. The van der Waals surface area contributed by atoms with Crippen molar-refractivity contribution in [2.75, 3.05) is 33.8 Å². The van der Waals surface area contributed by atoms with Gasteiger partial charge in [0.1, 0.15) is 5.75 Å². The molecule has 1 aromatic rings. The highest BCUT2D eigenvalue weighted by atomic mass is 127. The lowest BCUT2D eigenvalue weighted by Crippen LogP contribution is -2.41. The SMILES string of the molecule is CN=C(NCCc1cc(C)ccc1OC)N1CCC(C)(C)C1.I. The lowest BCUT2D eigenvalue weighted by Gasteiger charge is -2.23. The molecule has 0 bridgehead atoms. The molecule has 1 aliphatic rings. The first-order chi connectivity index (χ1) is 10.4. The molecule has 1 fully saturated rings. The standard InChI is InChI=1S/C18H29N3O.HI/c1-14-6-7-16(22-5)15(12-14)8-10-20-17(19-4)21-11-9-18(2,3)13-21;/h6-7,12H,8-11,13H2,1-5H3,(H,19,20);1H. The van der Waals surface area contributed by atoms with Gasteiger partial charge in [0.2, 0.25) is 0 Å². The normalized spacial score (nSPS) is 16.9. The summed E-state index contributed by atoms with van der Waals surface area (Å²) >= 11 is 0. The smallest absolute Gasteiger partial charge is 0.193 e. The van der Waals surface area contributed by atoms with Crippen molar-refractivity contribution in [2.45, 2.75) is 33.6 Å². The Morgan fingerprint density at radius 3 is 2.70 bits per heavy atom. The number of likely N-dealkylation sites (tertiary alicyclic amines) is 1. The van der Waals surface area contributed by atoms with E-state index in [4.69, 9.17) is 4.74 Å². The van der Waals surface area contributed by atoms with E-state index in [0.717, 1.165) is 37.8 Å². The van der Waals surface area contributed by atoms with Gasteiger partial charge in [-0.3, -0.25) is 4.99 Å². The topological polar surface area (TPSA) is 36.9 Å². The molecule has 0 amide bonds. The average molecular weight is 431 g/mol. The largest absolute Gasteiger partial charge is 0.496 e. The van der Waals surface area contributed by atoms with Gasteiger partial charge in [-0.25, -0.2) is 0 Å². The van der Waals surface area contributed by atoms with Crippen LogP contribution in [-0.2, 0) is 6.42 Å². The number of aliphatic imine (C=N–C) groups is 1. The fourth-order valence-electron chi connectivity index (χ4n) is 3.04. The third-order valence-electron chi connectivity index (χ3n) is 4.30. The van der Waals surface area contributed by atoms with E-state index in [-0.39, 0.29) is 24.0 Å². The molecule has 0 radical (unpaired) electrons. The molecular formula is C18H30IN3O. The Labute approximate surface area is 157 Å². The van der Waals surface area contributed by atoms with Crippen LogP contribution >= 0.6 is 24.0 Å². The second kappa shape index (κ2) is 8.76. The molecule has 4 nitrogen and oxygen atoms in total. The summed E-state index contributed by atoms with van der Waals surface area (Å²) in [5, 5.41) is 3.49. The van der Waals surface area contributed by atoms with Crippen molar-refractivity contribution in [2.24, 2.45) is 10.4 Å². The van der Waals surface area contributed by atoms with Gasteiger partial charge in [-0.1, -0.05) is 31.5 Å². The fraction of sp³-hybridized carbons (Fsp3) is 0.611. The van der Waals surface area contributed by atoms with Crippen molar-refractivity contribution < 1.29 is 4.74 Å². The van der Waals surface area contributed by atoms with Gasteiger partial charge in [0.05, 0.1) is 7.11 Å². The summed E-state index contributed by atoms with van der Waals surface area (Å²) in [6, 6.07) is 6.33. The van der Waals surface area contributed by atoms with Gasteiger partial charge < -0.3 is 15.0 Å². The Kier molecular flexibility index (Phi) is 7.64. The lowest BCUT2D eigenvalue weighted by atomic mass is 9.93. The number of guanidine groups is 1. The molecule has 0 atom stereocenters. The zero-order valence-electron chi connectivity index (χ0n) is 15.0. The van der Waals surface area contributed by atoms with Gasteiger partial charge in [0.15, 0.2) is 5.96 Å². The van der Waals surface area contributed by atoms with Crippen LogP contribution in [0.1, 0.15) is 31.4 Å². The average Bonchev–Trinajstić information content (AvgIpc) is 2.84. The third kappa shape index (κ3) is 5.55. The molecule has 0 aromatic heterocycles. The maximum Gasteiger partial charge on any atom is 0.193 e. The lowest BCUT2D eigenvalue weighted by molar-refractivity contribution is 0.370. The van der Waals surface area contributed by atoms with Crippen molar-refractivity contribution in [3.8, 4) is 5.75 Å². The predicted octanol–water partition coefficient (Wildman–Crippen LogP) is 3.47. The summed E-state index contributed by atoms with van der Waals surface area (Å²) in [6.07, 6.45) is 2.15. The highest BCUT2D eigenvalue weighted by molar-refractivity contribution is 14.0. The first kappa shape index (κ1) is 20.1. The number of hydrogen-bond donors (Lipinski definition) is 1. The highest BCUT2D eigenvalue weighted by Gasteiger charge is 2.30. The maximum atomic E-state index is 5.44. The van der Waals surface area contributed by atoms with E-state index in [1.807, 2.05) is 13.1 Å². The van der Waals surface area contributed by atoms with Crippen LogP contribution in [0.4, 0.5) is 0 Å².